The molecule has 2 rings (SSSR count). The maximum atomic E-state index is 11.9. The van der Waals surface area contributed by atoms with Crippen molar-refractivity contribution < 1.29 is 9.59 Å². The molecule has 96 valence electrons. The third-order valence-electron chi connectivity index (χ3n) is 3.18. The molecule has 5 heteroatoms. The number of nitrogens with zero attached hydrogens (tertiary/aromatic N) is 2. The van der Waals surface area contributed by atoms with Crippen LogP contribution < -0.4 is 5.32 Å². The van der Waals surface area contributed by atoms with E-state index < -0.39 is 11.8 Å². The summed E-state index contributed by atoms with van der Waals surface area (Å²) in [7, 11) is 0. The minimum Gasteiger partial charge on any atom is -0.334 e. The number of rotatable bonds is 1. The van der Waals surface area contributed by atoms with Crippen LogP contribution in [0.15, 0.2) is 24.5 Å². The summed E-state index contributed by atoms with van der Waals surface area (Å²) in [5, 5.41) is 2.56. The van der Waals surface area contributed by atoms with Crippen molar-refractivity contribution in [2.24, 2.45) is 5.92 Å². The quantitative estimate of drug-likeness (QED) is 0.760. The Morgan fingerprint density at radius 2 is 2.11 bits per heavy atom. The number of pyridine rings is 1. The fourth-order valence-electron chi connectivity index (χ4n) is 1.98. The van der Waals surface area contributed by atoms with Gasteiger partial charge in [-0.25, -0.2) is 0 Å². The van der Waals surface area contributed by atoms with Gasteiger partial charge in [0, 0.05) is 19.3 Å². The number of anilines is 1. The van der Waals surface area contributed by atoms with Gasteiger partial charge in [-0.1, -0.05) is 6.92 Å². The number of carbonyl (C=O) groups is 2. The molecule has 2 amide bonds. The van der Waals surface area contributed by atoms with Gasteiger partial charge in [0.1, 0.15) is 0 Å². The molecule has 1 saturated heterocycles. The van der Waals surface area contributed by atoms with E-state index in [1.165, 1.54) is 6.20 Å². The second-order valence-corrected chi connectivity index (χ2v) is 4.67. The highest BCUT2D eigenvalue weighted by atomic mass is 16.2. The van der Waals surface area contributed by atoms with Gasteiger partial charge in [0.15, 0.2) is 0 Å². The highest BCUT2D eigenvalue weighted by Crippen LogP contribution is 2.16. The Labute approximate surface area is 106 Å². The van der Waals surface area contributed by atoms with Crippen LogP contribution in [-0.2, 0) is 9.59 Å². The van der Waals surface area contributed by atoms with Crippen molar-refractivity contribution in [3.8, 4) is 0 Å². The summed E-state index contributed by atoms with van der Waals surface area (Å²) in [5.74, 6) is -0.404. The van der Waals surface area contributed by atoms with E-state index in [0.717, 1.165) is 12.8 Å². The molecule has 0 aromatic carbocycles. The maximum absolute atomic E-state index is 11.9. The number of piperidine rings is 1. The summed E-state index contributed by atoms with van der Waals surface area (Å²) < 4.78 is 0. The third-order valence-corrected chi connectivity index (χ3v) is 3.18. The topological polar surface area (TPSA) is 62.3 Å². The van der Waals surface area contributed by atoms with Gasteiger partial charge in [-0.05, 0) is 30.9 Å². The monoisotopic (exact) mass is 247 g/mol. The van der Waals surface area contributed by atoms with Crippen molar-refractivity contribution in [1.29, 1.82) is 0 Å². The van der Waals surface area contributed by atoms with Crippen LogP contribution >= 0.6 is 0 Å². The Bertz CT molecular complexity index is 425. The largest absolute Gasteiger partial charge is 0.334 e. The normalized spacial score (nSPS) is 16.4. The number of likely N-dealkylation sites (tertiary alicyclic amines) is 1. The van der Waals surface area contributed by atoms with Gasteiger partial charge in [0.25, 0.3) is 0 Å². The number of hydrogen-bond donors (Lipinski definition) is 1. The lowest BCUT2D eigenvalue weighted by Crippen LogP contribution is -2.43. The molecule has 5 nitrogen and oxygen atoms in total. The lowest BCUT2D eigenvalue weighted by Gasteiger charge is -2.29. The molecule has 1 aromatic rings. The number of carbonyl (C=O) groups excluding carboxylic acids is 2. The minimum absolute atomic E-state index is 0.453. The first kappa shape index (κ1) is 12.5. The Hall–Kier alpha value is -1.91. The lowest BCUT2D eigenvalue weighted by molar-refractivity contribution is -0.144. The predicted octanol–water partition coefficient (Wildman–Crippen LogP) is 1.28. The average Bonchev–Trinajstić information content (AvgIpc) is 2.40. The average molecular weight is 247 g/mol. The van der Waals surface area contributed by atoms with Crippen molar-refractivity contribution in [3.63, 3.8) is 0 Å². The highest BCUT2D eigenvalue weighted by molar-refractivity contribution is 6.39. The van der Waals surface area contributed by atoms with E-state index in [-0.39, 0.29) is 0 Å². The van der Waals surface area contributed by atoms with Crippen LogP contribution in [0, 0.1) is 5.92 Å². The SMILES string of the molecule is CC1CCN(C(=O)C(=O)Nc2cccnc2)CC1. The van der Waals surface area contributed by atoms with E-state index in [1.807, 2.05) is 0 Å². The van der Waals surface area contributed by atoms with E-state index in [0.29, 0.717) is 24.7 Å². The summed E-state index contributed by atoms with van der Waals surface area (Å²) in [5.41, 5.74) is 0.543. The Morgan fingerprint density at radius 1 is 1.39 bits per heavy atom. The zero-order valence-electron chi connectivity index (χ0n) is 10.4. The van der Waals surface area contributed by atoms with Crippen LogP contribution in [0.3, 0.4) is 0 Å². The van der Waals surface area contributed by atoms with Gasteiger partial charge in [-0.2, -0.15) is 0 Å². The zero-order valence-corrected chi connectivity index (χ0v) is 10.4. The third kappa shape index (κ3) is 3.06. The van der Waals surface area contributed by atoms with Crippen molar-refractivity contribution in [3.05, 3.63) is 24.5 Å². The summed E-state index contributed by atoms with van der Waals surface area (Å²) in [6.45, 7) is 3.50. The van der Waals surface area contributed by atoms with Crippen LogP contribution in [-0.4, -0.2) is 34.8 Å². The lowest BCUT2D eigenvalue weighted by atomic mass is 9.99. The summed E-state index contributed by atoms with van der Waals surface area (Å²) in [6, 6.07) is 3.42. The molecule has 1 aromatic heterocycles. The molecular formula is C13H17N3O2. The second kappa shape index (κ2) is 5.62. The van der Waals surface area contributed by atoms with E-state index in [2.05, 4.69) is 17.2 Å². The van der Waals surface area contributed by atoms with E-state index in [1.54, 1.807) is 23.2 Å². The zero-order chi connectivity index (χ0) is 13.0. The fraction of sp³-hybridized carbons (Fsp3) is 0.462. The highest BCUT2D eigenvalue weighted by Gasteiger charge is 2.25. The predicted molar refractivity (Wildman–Crippen MR) is 67.8 cm³/mol. The molecule has 0 bridgehead atoms. The molecule has 18 heavy (non-hydrogen) atoms. The van der Waals surface area contributed by atoms with Gasteiger partial charge >= 0.3 is 11.8 Å². The second-order valence-electron chi connectivity index (χ2n) is 4.67. The molecule has 0 unspecified atom stereocenters. The van der Waals surface area contributed by atoms with E-state index in [9.17, 15) is 9.59 Å². The molecule has 0 spiro atoms. The number of amides is 2. The fourth-order valence-corrected chi connectivity index (χ4v) is 1.98. The summed E-state index contributed by atoms with van der Waals surface area (Å²) >= 11 is 0. The molecule has 0 atom stereocenters. The van der Waals surface area contributed by atoms with Crippen LogP contribution in [0.1, 0.15) is 19.8 Å². The first-order valence-electron chi connectivity index (χ1n) is 6.17. The number of aromatic nitrogens is 1. The molecule has 0 aliphatic carbocycles. The van der Waals surface area contributed by atoms with Gasteiger partial charge in [0.05, 0.1) is 11.9 Å². The summed E-state index contributed by atoms with van der Waals surface area (Å²) in [4.78, 5) is 29.2. The van der Waals surface area contributed by atoms with Crippen molar-refractivity contribution in [1.82, 2.24) is 9.88 Å². The first-order valence-corrected chi connectivity index (χ1v) is 6.17. The van der Waals surface area contributed by atoms with Crippen LogP contribution in [0.4, 0.5) is 5.69 Å². The standard InChI is InChI=1S/C13H17N3O2/c1-10-4-7-16(8-5-10)13(18)12(17)15-11-3-2-6-14-9-11/h2-3,6,9-10H,4-5,7-8H2,1H3,(H,15,17). The maximum Gasteiger partial charge on any atom is 0.313 e. The first-order chi connectivity index (χ1) is 8.66. The number of hydrogen-bond acceptors (Lipinski definition) is 3. The summed E-state index contributed by atoms with van der Waals surface area (Å²) in [6.07, 6.45) is 5.06. The van der Waals surface area contributed by atoms with E-state index in [4.69, 9.17) is 0 Å². The van der Waals surface area contributed by atoms with Gasteiger partial charge in [-0.3, -0.25) is 14.6 Å². The van der Waals surface area contributed by atoms with Crippen LogP contribution in [0.5, 0.6) is 0 Å². The molecular weight excluding hydrogens is 230 g/mol. The smallest absolute Gasteiger partial charge is 0.313 e. The molecule has 0 saturated carbocycles. The molecule has 1 N–H and O–H groups in total. The van der Waals surface area contributed by atoms with Crippen molar-refractivity contribution in [2.75, 3.05) is 18.4 Å². The van der Waals surface area contributed by atoms with E-state index >= 15 is 0 Å². The molecule has 0 radical (unpaired) electrons. The Morgan fingerprint density at radius 3 is 2.72 bits per heavy atom. The van der Waals surface area contributed by atoms with Gasteiger partial charge < -0.3 is 10.2 Å². The molecule has 2 heterocycles. The molecule has 1 aliphatic rings. The Kier molecular flexibility index (Phi) is 3.92. The van der Waals surface area contributed by atoms with Gasteiger partial charge in [0.2, 0.25) is 0 Å². The minimum atomic E-state index is -0.586. The van der Waals surface area contributed by atoms with Crippen molar-refractivity contribution >= 4 is 17.5 Å². The number of nitrogens with one attached hydrogen (secondary N) is 1. The van der Waals surface area contributed by atoms with Gasteiger partial charge in [-0.15, -0.1) is 0 Å². The molecule has 1 aliphatic heterocycles. The van der Waals surface area contributed by atoms with Crippen LogP contribution in [0.25, 0.3) is 0 Å². The van der Waals surface area contributed by atoms with Crippen molar-refractivity contribution in [2.45, 2.75) is 19.8 Å². The Balaban J connectivity index is 1.91. The molecule has 1 fully saturated rings. The van der Waals surface area contributed by atoms with Crippen LogP contribution in [0.2, 0.25) is 0 Å².